The summed E-state index contributed by atoms with van der Waals surface area (Å²) >= 11 is 6.64. The van der Waals surface area contributed by atoms with E-state index in [0.29, 0.717) is 0 Å². The molecule has 0 aliphatic rings. The second-order valence-corrected chi connectivity index (χ2v) is 5.11. The summed E-state index contributed by atoms with van der Waals surface area (Å²) in [6.45, 7) is 0. The van der Waals surface area contributed by atoms with Gasteiger partial charge in [-0.25, -0.2) is 9.97 Å². The highest BCUT2D eigenvalue weighted by Gasteiger charge is 2.03. The molecule has 12 heavy (non-hydrogen) atoms. The highest BCUT2D eigenvalue weighted by atomic mass is 79.9. The molecule has 0 spiro atoms. The zero-order chi connectivity index (χ0) is 8.55. The first-order chi connectivity index (χ1) is 5.79. The number of pyridine rings is 1. The van der Waals surface area contributed by atoms with E-state index in [1.807, 2.05) is 12.3 Å². The predicted octanol–water partition coefficient (Wildman–Crippen LogP) is 3.18. The van der Waals surface area contributed by atoms with E-state index in [-0.39, 0.29) is 0 Å². The lowest BCUT2D eigenvalue weighted by atomic mass is 10.5. The van der Waals surface area contributed by atoms with Crippen LogP contribution >= 0.6 is 39.0 Å². The molecule has 0 aliphatic heterocycles. The van der Waals surface area contributed by atoms with Gasteiger partial charge in [-0.15, -0.1) is 0 Å². The van der Waals surface area contributed by atoms with Gasteiger partial charge in [0.25, 0.3) is 0 Å². The van der Waals surface area contributed by atoms with Crippen LogP contribution in [-0.2, 0) is 0 Å². The van der Waals surface area contributed by atoms with Crippen molar-refractivity contribution >= 4 is 49.4 Å². The standard InChI is InChI=1S/C7H5BrN2S2/c1-11-7-10-5-2-4(8)3-9-6(5)12-7/h2-3H,1H3. The Bertz CT molecular complexity index is 413. The Hall–Kier alpha value is -0.130. The van der Waals surface area contributed by atoms with Crippen molar-refractivity contribution in [1.82, 2.24) is 9.97 Å². The summed E-state index contributed by atoms with van der Waals surface area (Å²) in [5.74, 6) is 0. The lowest BCUT2D eigenvalue weighted by Crippen LogP contribution is -1.72. The molecule has 62 valence electrons. The molecule has 0 amide bonds. The Morgan fingerprint density at radius 1 is 1.58 bits per heavy atom. The fourth-order valence-corrected chi connectivity index (χ4v) is 2.57. The minimum absolute atomic E-state index is 0.971. The number of rotatable bonds is 1. The van der Waals surface area contributed by atoms with E-state index in [0.717, 1.165) is 19.2 Å². The molecule has 2 rings (SSSR count). The van der Waals surface area contributed by atoms with Crippen LogP contribution in [0, 0.1) is 0 Å². The van der Waals surface area contributed by atoms with E-state index in [4.69, 9.17) is 0 Å². The first-order valence-corrected chi connectivity index (χ1v) is 6.09. The summed E-state index contributed by atoms with van der Waals surface area (Å²) in [5, 5.41) is 0. The average Bonchev–Trinajstić information content (AvgIpc) is 2.46. The van der Waals surface area contributed by atoms with Crippen molar-refractivity contribution in [2.75, 3.05) is 6.26 Å². The van der Waals surface area contributed by atoms with Crippen molar-refractivity contribution < 1.29 is 0 Å². The van der Waals surface area contributed by atoms with Gasteiger partial charge in [0, 0.05) is 10.7 Å². The average molecular weight is 261 g/mol. The van der Waals surface area contributed by atoms with Gasteiger partial charge < -0.3 is 0 Å². The van der Waals surface area contributed by atoms with Crippen LogP contribution in [0.1, 0.15) is 0 Å². The van der Waals surface area contributed by atoms with Gasteiger partial charge in [-0.1, -0.05) is 23.1 Å². The van der Waals surface area contributed by atoms with E-state index >= 15 is 0 Å². The third-order valence-corrected chi connectivity index (χ3v) is 3.77. The summed E-state index contributed by atoms with van der Waals surface area (Å²) in [7, 11) is 0. The van der Waals surface area contributed by atoms with Crippen molar-refractivity contribution in [3.8, 4) is 0 Å². The molecular weight excluding hydrogens is 256 g/mol. The molecule has 0 saturated heterocycles. The maximum Gasteiger partial charge on any atom is 0.152 e. The zero-order valence-electron chi connectivity index (χ0n) is 6.24. The molecule has 0 aliphatic carbocycles. The third-order valence-electron chi connectivity index (χ3n) is 1.37. The van der Waals surface area contributed by atoms with Gasteiger partial charge in [0.1, 0.15) is 10.3 Å². The summed E-state index contributed by atoms with van der Waals surface area (Å²) in [6.07, 6.45) is 3.82. The Labute approximate surface area is 86.5 Å². The van der Waals surface area contributed by atoms with Crippen molar-refractivity contribution in [3.05, 3.63) is 16.7 Å². The SMILES string of the molecule is CSc1nc2cc(Br)cnc2s1. The molecule has 0 radical (unpaired) electrons. The molecule has 5 heteroatoms. The number of aromatic nitrogens is 2. The Balaban J connectivity index is 2.67. The summed E-state index contributed by atoms with van der Waals surface area (Å²) in [6, 6.07) is 1.98. The molecule has 2 aromatic heterocycles. The number of halogens is 1. The van der Waals surface area contributed by atoms with Crippen LogP contribution in [0.25, 0.3) is 10.3 Å². The maximum atomic E-state index is 4.38. The molecule has 2 aromatic rings. The highest BCUT2D eigenvalue weighted by molar-refractivity contribution is 9.10. The van der Waals surface area contributed by atoms with Crippen LogP contribution in [0.5, 0.6) is 0 Å². The lowest BCUT2D eigenvalue weighted by Gasteiger charge is -1.86. The van der Waals surface area contributed by atoms with Gasteiger partial charge >= 0.3 is 0 Å². The number of thioether (sulfide) groups is 1. The molecule has 0 aromatic carbocycles. The van der Waals surface area contributed by atoms with Crippen LogP contribution in [0.4, 0.5) is 0 Å². The van der Waals surface area contributed by atoms with E-state index in [1.165, 1.54) is 0 Å². The first-order valence-electron chi connectivity index (χ1n) is 3.25. The second kappa shape index (κ2) is 3.32. The zero-order valence-corrected chi connectivity index (χ0v) is 9.46. The topological polar surface area (TPSA) is 25.8 Å². The van der Waals surface area contributed by atoms with Crippen molar-refractivity contribution in [3.63, 3.8) is 0 Å². The highest BCUT2D eigenvalue weighted by Crippen LogP contribution is 2.27. The van der Waals surface area contributed by atoms with Crippen molar-refractivity contribution in [1.29, 1.82) is 0 Å². The van der Waals surface area contributed by atoms with E-state index in [1.54, 1.807) is 29.3 Å². The van der Waals surface area contributed by atoms with Crippen LogP contribution in [-0.4, -0.2) is 16.2 Å². The second-order valence-electron chi connectivity index (χ2n) is 2.16. The minimum Gasteiger partial charge on any atom is -0.242 e. The first kappa shape index (κ1) is 8.47. The largest absolute Gasteiger partial charge is 0.242 e. The number of thiazole rings is 1. The van der Waals surface area contributed by atoms with Gasteiger partial charge in [-0.05, 0) is 28.3 Å². The van der Waals surface area contributed by atoms with Crippen LogP contribution in [0.15, 0.2) is 21.1 Å². The van der Waals surface area contributed by atoms with E-state index < -0.39 is 0 Å². The van der Waals surface area contributed by atoms with Gasteiger partial charge in [-0.2, -0.15) is 0 Å². The van der Waals surface area contributed by atoms with Crippen LogP contribution < -0.4 is 0 Å². The maximum absolute atomic E-state index is 4.38. The van der Waals surface area contributed by atoms with E-state index in [9.17, 15) is 0 Å². The summed E-state index contributed by atoms with van der Waals surface area (Å²) in [5.41, 5.74) is 0.971. The molecule has 0 bridgehead atoms. The van der Waals surface area contributed by atoms with Gasteiger partial charge in [0.15, 0.2) is 4.34 Å². The van der Waals surface area contributed by atoms with Gasteiger partial charge in [0.2, 0.25) is 0 Å². The molecule has 0 saturated carbocycles. The van der Waals surface area contributed by atoms with Crippen molar-refractivity contribution in [2.45, 2.75) is 4.34 Å². The summed E-state index contributed by atoms with van der Waals surface area (Å²) in [4.78, 5) is 9.63. The molecule has 2 heterocycles. The van der Waals surface area contributed by atoms with Gasteiger partial charge in [-0.3, -0.25) is 0 Å². The molecule has 0 N–H and O–H groups in total. The number of fused-ring (bicyclic) bond motifs is 1. The minimum atomic E-state index is 0.971. The number of hydrogen-bond donors (Lipinski definition) is 0. The van der Waals surface area contributed by atoms with E-state index in [2.05, 4.69) is 25.9 Å². The number of nitrogens with zero attached hydrogens (tertiary/aromatic N) is 2. The number of hydrogen-bond acceptors (Lipinski definition) is 4. The van der Waals surface area contributed by atoms with Gasteiger partial charge in [0.05, 0.1) is 0 Å². The Morgan fingerprint density at radius 3 is 3.17 bits per heavy atom. The monoisotopic (exact) mass is 260 g/mol. The lowest BCUT2D eigenvalue weighted by molar-refractivity contribution is 1.29. The third kappa shape index (κ3) is 1.48. The van der Waals surface area contributed by atoms with Crippen LogP contribution in [0.2, 0.25) is 0 Å². The summed E-state index contributed by atoms with van der Waals surface area (Å²) < 4.78 is 2.04. The molecule has 0 fully saturated rings. The fourth-order valence-electron chi connectivity index (χ4n) is 0.866. The molecular formula is C7H5BrN2S2. The quantitative estimate of drug-likeness (QED) is 0.737. The molecule has 0 atom stereocenters. The van der Waals surface area contributed by atoms with Crippen molar-refractivity contribution in [2.24, 2.45) is 0 Å². The molecule has 0 unspecified atom stereocenters. The predicted molar refractivity (Wildman–Crippen MR) is 56.9 cm³/mol. The Kier molecular flexibility index (Phi) is 2.34. The molecule has 2 nitrogen and oxygen atoms in total. The normalized spacial score (nSPS) is 10.8. The Morgan fingerprint density at radius 2 is 2.42 bits per heavy atom. The fraction of sp³-hybridized carbons (Fsp3) is 0.143. The smallest absolute Gasteiger partial charge is 0.152 e. The van der Waals surface area contributed by atoms with Crippen LogP contribution in [0.3, 0.4) is 0 Å².